The van der Waals surface area contributed by atoms with E-state index in [2.05, 4.69) is 11.8 Å². The van der Waals surface area contributed by atoms with Gasteiger partial charge in [-0.3, -0.25) is 0 Å². The Balaban J connectivity index is 2.37. The van der Waals surface area contributed by atoms with Crippen LogP contribution in [0.25, 0.3) is 0 Å². The van der Waals surface area contributed by atoms with Crippen LogP contribution < -0.4 is 4.74 Å². The molecule has 0 aliphatic heterocycles. The van der Waals surface area contributed by atoms with Gasteiger partial charge in [0.2, 0.25) is 0 Å². The van der Waals surface area contributed by atoms with Crippen LogP contribution in [0, 0.1) is 11.8 Å². The van der Waals surface area contributed by atoms with Gasteiger partial charge in [-0.05, 0) is 31.2 Å². The van der Waals surface area contributed by atoms with Gasteiger partial charge in [0, 0.05) is 24.5 Å². The van der Waals surface area contributed by atoms with Crippen LogP contribution >= 0.6 is 11.6 Å². The molecule has 0 aliphatic carbocycles. The first-order valence-corrected chi connectivity index (χ1v) is 6.25. The van der Waals surface area contributed by atoms with Gasteiger partial charge in [-0.25, -0.2) is 0 Å². The lowest BCUT2D eigenvalue weighted by Crippen LogP contribution is -2.06. The van der Waals surface area contributed by atoms with E-state index >= 15 is 0 Å². The zero-order valence-corrected chi connectivity index (χ0v) is 10.8. The molecule has 1 aromatic carbocycles. The second-order valence-corrected chi connectivity index (χ2v) is 3.69. The Morgan fingerprint density at radius 1 is 1.18 bits per heavy atom. The van der Waals surface area contributed by atoms with Crippen LogP contribution in [0.2, 0.25) is 0 Å². The van der Waals surface area contributed by atoms with Crippen molar-refractivity contribution in [2.75, 3.05) is 25.7 Å². The first-order valence-electron chi connectivity index (χ1n) is 5.72. The van der Waals surface area contributed by atoms with E-state index in [-0.39, 0.29) is 0 Å². The minimum atomic E-state index is 0.575. The maximum atomic E-state index is 5.54. The molecule has 0 saturated heterocycles. The van der Waals surface area contributed by atoms with Crippen molar-refractivity contribution < 1.29 is 9.47 Å². The predicted octanol–water partition coefficient (Wildman–Crippen LogP) is 3.08. The lowest BCUT2D eigenvalue weighted by atomic mass is 10.2. The molecule has 17 heavy (non-hydrogen) atoms. The third-order valence-electron chi connectivity index (χ3n) is 2.01. The molecule has 1 aromatic rings. The third-order valence-corrected chi connectivity index (χ3v) is 2.20. The average Bonchev–Trinajstić information content (AvgIpc) is 2.37. The molecule has 0 unspecified atom stereocenters. The van der Waals surface area contributed by atoms with Crippen LogP contribution in [0.4, 0.5) is 0 Å². The predicted molar refractivity (Wildman–Crippen MR) is 70.6 cm³/mol. The molecule has 92 valence electrons. The average molecular weight is 253 g/mol. The summed E-state index contributed by atoms with van der Waals surface area (Å²) in [5, 5.41) is 0. The first-order chi connectivity index (χ1) is 8.36. The highest BCUT2D eigenvalue weighted by atomic mass is 35.5. The molecule has 3 heteroatoms. The van der Waals surface area contributed by atoms with Crippen LogP contribution in [-0.2, 0) is 4.74 Å². The highest BCUT2D eigenvalue weighted by Gasteiger charge is 1.93. The van der Waals surface area contributed by atoms with Gasteiger partial charge >= 0.3 is 0 Å². The second kappa shape index (κ2) is 8.92. The zero-order chi connectivity index (χ0) is 12.3. The van der Waals surface area contributed by atoms with E-state index in [4.69, 9.17) is 21.1 Å². The normalized spacial score (nSPS) is 9.53. The van der Waals surface area contributed by atoms with E-state index in [1.807, 2.05) is 31.2 Å². The molecule has 0 atom stereocenters. The number of ether oxygens (including phenoxy) is 2. The van der Waals surface area contributed by atoms with Gasteiger partial charge in [0.15, 0.2) is 0 Å². The molecule has 0 saturated carbocycles. The fourth-order valence-electron chi connectivity index (χ4n) is 1.21. The van der Waals surface area contributed by atoms with Crippen molar-refractivity contribution in [1.29, 1.82) is 0 Å². The highest BCUT2D eigenvalue weighted by Crippen LogP contribution is 2.11. The van der Waals surface area contributed by atoms with E-state index in [0.717, 1.165) is 17.9 Å². The van der Waals surface area contributed by atoms with Gasteiger partial charge in [0.05, 0.1) is 6.61 Å². The monoisotopic (exact) mass is 252 g/mol. The van der Waals surface area contributed by atoms with Crippen molar-refractivity contribution in [3.63, 3.8) is 0 Å². The van der Waals surface area contributed by atoms with Crippen LogP contribution in [0.1, 0.15) is 18.9 Å². The van der Waals surface area contributed by atoms with Crippen molar-refractivity contribution in [3.05, 3.63) is 29.8 Å². The van der Waals surface area contributed by atoms with Crippen molar-refractivity contribution in [2.24, 2.45) is 0 Å². The van der Waals surface area contributed by atoms with Crippen LogP contribution in [-0.4, -0.2) is 25.7 Å². The van der Waals surface area contributed by atoms with Gasteiger partial charge in [0.25, 0.3) is 0 Å². The first kappa shape index (κ1) is 13.9. The molecule has 0 bridgehead atoms. The number of alkyl halides is 1. The van der Waals surface area contributed by atoms with Crippen LogP contribution in [0.3, 0.4) is 0 Å². The number of benzene rings is 1. The lowest BCUT2D eigenvalue weighted by molar-refractivity contribution is 0.110. The van der Waals surface area contributed by atoms with Gasteiger partial charge in [-0.15, -0.1) is 11.6 Å². The van der Waals surface area contributed by atoms with E-state index < -0.39 is 0 Å². The standard InChI is InChI=1S/C14H17ClO2/c1-2-16-11-12-17-14-8-6-13(7-9-14)5-3-4-10-15/h6-9H,2,4,10-12H2,1H3. The Labute approximate surface area is 108 Å². The smallest absolute Gasteiger partial charge is 0.119 e. The molecular weight excluding hydrogens is 236 g/mol. The molecule has 0 N–H and O–H groups in total. The van der Waals surface area contributed by atoms with Crippen molar-refractivity contribution in [1.82, 2.24) is 0 Å². The van der Waals surface area contributed by atoms with Gasteiger partial charge in [-0.1, -0.05) is 11.8 Å². The number of hydrogen-bond acceptors (Lipinski definition) is 2. The zero-order valence-electron chi connectivity index (χ0n) is 10.0. The quantitative estimate of drug-likeness (QED) is 0.440. The second-order valence-electron chi connectivity index (χ2n) is 3.31. The molecule has 2 nitrogen and oxygen atoms in total. The number of halogens is 1. The summed E-state index contributed by atoms with van der Waals surface area (Å²) in [6.07, 6.45) is 0.716. The fourth-order valence-corrected chi connectivity index (χ4v) is 1.30. The minimum Gasteiger partial charge on any atom is -0.491 e. The van der Waals surface area contributed by atoms with Crippen LogP contribution in [0.5, 0.6) is 5.75 Å². The largest absolute Gasteiger partial charge is 0.491 e. The lowest BCUT2D eigenvalue weighted by Gasteiger charge is -2.05. The Morgan fingerprint density at radius 2 is 1.94 bits per heavy atom. The maximum Gasteiger partial charge on any atom is 0.119 e. The van der Waals surface area contributed by atoms with Crippen LogP contribution in [0.15, 0.2) is 24.3 Å². The SMILES string of the molecule is CCOCCOc1ccc(C#CCCCl)cc1. The van der Waals surface area contributed by atoms with E-state index in [0.29, 0.717) is 25.5 Å². The van der Waals surface area contributed by atoms with Crippen molar-refractivity contribution in [3.8, 4) is 17.6 Å². The molecule has 0 aliphatic rings. The molecule has 0 amide bonds. The molecule has 0 heterocycles. The molecule has 1 rings (SSSR count). The van der Waals surface area contributed by atoms with Gasteiger partial charge in [-0.2, -0.15) is 0 Å². The maximum absolute atomic E-state index is 5.54. The summed E-state index contributed by atoms with van der Waals surface area (Å²) in [5.41, 5.74) is 0.979. The summed E-state index contributed by atoms with van der Waals surface area (Å²) in [7, 11) is 0. The summed E-state index contributed by atoms with van der Waals surface area (Å²) in [4.78, 5) is 0. The number of hydrogen-bond donors (Lipinski definition) is 0. The van der Waals surface area contributed by atoms with Gasteiger partial charge < -0.3 is 9.47 Å². The molecule has 0 aromatic heterocycles. The van der Waals surface area contributed by atoms with E-state index in [1.165, 1.54) is 0 Å². The summed E-state index contributed by atoms with van der Waals surface area (Å²) >= 11 is 5.54. The molecular formula is C14H17ClO2. The summed E-state index contributed by atoms with van der Waals surface area (Å²) in [6, 6.07) is 7.71. The highest BCUT2D eigenvalue weighted by molar-refractivity contribution is 6.18. The van der Waals surface area contributed by atoms with Gasteiger partial charge in [0.1, 0.15) is 12.4 Å². The van der Waals surface area contributed by atoms with E-state index in [9.17, 15) is 0 Å². The third kappa shape index (κ3) is 6.21. The summed E-state index contributed by atoms with van der Waals surface area (Å²) < 4.78 is 10.7. The Hall–Kier alpha value is -1.17. The minimum absolute atomic E-state index is 0.575. The Morgan fingerprint density at radius 3 is 2.59 bits per heavy atom. The fraction of sp³-hybridized carbons (Fsp3) is 0.429. The number of rotatable bonds is 6. The summed E-state index contributed by atoms with van der Waals surface area (Å²) in [5.74, 6) is 7.44. The van der Waals surface area contributed by atoms with Crippen molar-refractivity contribution >= 4 is 11.6 Å². The topological polar surface area (TPSA) is 18.5 Å². The molecule has 0 radical (unpaired) electrons. The Bertz CT molecular complexity index is 362. The van der Waals surface area contributed by atoms with E-state index in [1.54, 1.807) is 0 Å². The Kier molecular flexibility index (Phi) is 7.29. The van der Waals surface area contributed by atoms with Crippen molar-refractivity contribution in [2.45, 2.75) is 13.3 Å². The molecule has 0 fully saturated rings. The summed E-state index contributed by atoms with van der Waals surface area (Å²) in [6.45, 7) is 3.88. The molecule has 0 spiro atoms.